The maximum absolute atomic E-state index is 11.2. The summed E-state index contributed by atoms with van der Waals surface area (Å²) in [6.07, 6.45) is 0. The van der Waals surface area contributed by atoms with Crippen LogP contribution in [0.5, 0.6) is 0 Å². The molecule has 0 saturated carbocycles. The van der Waals surface area contributed by atoms with E-state index in [0.717, 1.165) is 5.69 Å². The minimum absolute atomic E-state index is 0.0675. The zero-order valence-electron chi connectivity index (χ0n) is 11.4. The van der Waals surface area contributed by atoms with Crippen LogP contribution < -0.4 is 16.2 Å². The Morgan fingerprint density at radius 2 is 2.00 bits per heavy atom. The molecule has 1 aromatic carbocycles. The van der Waals surface area contributed by atoms with Crippen LogP contribution in [0.2, 0.25) is 0 Å². The average Bonchev–Trinajstić information content (AvgIpc) is 2.25. The molecule has 0 fully saturated rings. The highest BCUT2D eigenvalue weighted by Crippen LogP contribution is 2.22. The molecule has 0 bridgehead atoms. The first-order valence-corrected chi connectivity index (χ1v) is 7.50. The Morgan fingerprint density at radius 1 is 1.37 bits per heavy atom. The summed E-state index contributed by atoms with van der Waals surface area (Å²) in [6, 6.07) is 4.56. The lowest BCUT2D eigenvalue weighted by Crippen LogP contribution is -2.33. The van der Waals surface area contributed by atoms with E-state index in [1.807, 2.05) is 20.8 Å². The number of sulfonamides is 1. The molecule has 0 aromatic heterocycles. The first kappa shape index (κ1) is 15.7. The van der Waals surface area contributed by atoms with Gasteiger partial charge in [-0.1, -0.05) is 0 Å². The van der Waals surface area contributed by atoms with E-state index in [1.165, 1.54) is 6.07 Å². The summed E-state index contributed by atoms with van der Waals surface area (Å²) in [7, 11) is -3.78. The SMILES string of the molecule is CCOC(C)(C)CNc1ccc(S(N)(=O)=O)c(N)c1. The van der Waals surface area contributed by atoms with Crippen LogP contribution in [0, 0.1) is 0 Å². The topological polar surface area (TPSA) is 107 Å². The Kier molecular flexibility index (Phi) is 4.78. The van der Waals surface area contributed by atoms with Gasteiger partial charge in [0, 0.05) is 18.8 Å². The number of hydrogen-bond acceptors (Lipinski definition) is 5. The molecule has 1 rings (SSSR count). The highest BCUT2D eigenvalue weighted by molar-refractivity contribution is 7.89. The number of hydrogen-bond donors (Lipinski definition) is 3. The largest absolute Gasteiger partial charge is 0.398 e. The molecule has 5 N–H and O–H groups in total. The highest BCUT2D eigenvalue weighted by Gasteiger charge is 2.18. The summed E-state index contributed by atoms with van der Waals surface area (Å²) >= 11 is 0. The van der Waals surface area contributed by atoms with Crippen molar-refractivity contribution in [1.82, 2.24) is 0 Å². The molecule has 6 nitrogen and oxygen atoms in total. The fourth-order valence-corrected chi connectivity index (χ4v) is 2.32. The fourth-order valence-electron chi connectivity index (χ4n) is 1.67. The van der Waals surface area contributed by atoms with Gasteiger partial charge < -0.3 is 15.8 Å². The van der Waals surface area contributed by atoms with Crippen molar-refractivity contribution in [2.45, 2.75) is 31.3 Å². The van der Waals surface area contributed by atoms with E-state index in [2.05, 4.69) is 5.32 Å². The van der Waals surface area contributed by atoms with E-state index in [-0.39, 0.29) is 16.2 Å². The lowest BCUT2D eigenvalue weighted by atomic mass is 10.1. The molecule has 108 valence electrons. The normalized spacial score (nSPS) is 12.4. The maximum Gasteiger partial charge on any atom is 0.240 e. The molecule has 0 heterocycles. The van der Waals surface area contributed by atoms with Crippen molar-refractivity contribution in [3.05, 3.63) is 18.2 Å². The zero-order valence-corrected chi connectivity index (χ0v) is 12.3. The minimum atomic E-state index is -3.78. The van der Waals surface area contributed by atoms with E-state index in [0.29, 0.717) is 13.2 Å². The molecule has 19 heavy (non-hydrogen) atoms. The van der Waals surface area contributed by atoms with Crippen LogP contribution in [0.25, 0.3) is 0 Å². The first-order chi connectivity index (χ1) is 8.65. The van der Waals surface area contributed by atoms with E-state index in [4.69, 9.17) is 15.6 Å². The van der Waals surface area contributed by atoms with Crippen molar-refractivity contribution in [3.63, 3.8) is 0 Å². The Bertz CT molecular complexity index is 541. The minimum Gasteiger partial charge on any atom is -0.398 e. The number of primary sulfonamides is 1. The maximum atomic E-state index is 11.2. The molecule has 0 aliphatic rings. The predicted molar refractivity (Wildman–Crippen MR) is 76.4 cm³/mol. The average molecular weight is 287 g/mol. The number of ether oxygens (including phenoxy) is 1. The zero-order chi connectivity index (χ0) is 14.7. The third-order valence-electron chi connectivity index (χ3n) is 2.57. The van der Waals surface area contributed by atoms with Gasteiger partial charge in [-0.3, -0.25) is 0 Å². The van der Waals surface area contributed by atoms with Crippen molar-refractivity contribution in [2.75, 3.05) is 24.2 Å². The van der Waals surface area contributed by atoms with Crippen LogP contribution in [0.3, 0.4) is 0 Å². The quantitative estimate of drug-likeness (QED) is 0.680. The van der Waals surface area contributed by atoms with Crippen molar-refractivity contribution < 1.29 is 13.2 Å². The predicted octanol–water partition coefficient (Wildman–Crippen LogP) is 1.14. The van der Waals surface area contributed by atoms with Crippen molar-refractivity contribution in [2.24, 2.45) is 5.14 Å². The molecule has 0 saturated heterocycles. The van der Waals surface area contributed by atoms with Gasteiger partial charge in [0.25, 0.3) is 0 Å². The second kappa shape index (κ2) is 5.77. The highest BCUT2D eigenvalue weighted by atomic mass is 32.2. The summed E-state index contributed by atoms with van der Waals surface area (Å²) in [6.45, 7) is 7.06. The standard InChI is InChI=1S/C12H21N3O3S/c1-4-18-12(2,3)8-15-9-5-6-11(10(13)7-9)19(14,16)17/h5-7,15H,4,8,13H2,1-3H3,(H2,14,16,17). The second-order valence-corrected chi connectivity index (χ2v) is 6.37. The molecular weight excluding hydrogens is 266 g/mol. The molecule has 0 amide bonds. The fraction of sp³-hybridized carbons (Fsp3) is 0.500. The second-order valence-electron chi connectivity index (χ2n) is 4.84. The van der Waals surface area contributed by atoms with Crippen molar-refractivity contribution in [1.29, 1.82) is 0 Å². The Labute approximate surface area is 114 Å². The van der Waals surface area contributed by atoms with Crippen LogP contribution in [0.1, 0.15) is 20.8 Å². The van der Waals surface area contributed by atoms with Crippen LogP contribution in [0.4, 0.5) is 11.4 Å². The molecule has 0 aliphatic carbocycles. The number of nitrogen functional groups attached to an aromatic ring is 1. The number of rotatable bonds is 6. The van der Waals surface area contributed by atoms with Crippen LogP contribution >= 0.6 is 0 Å². The van der Waals surface area contributed by atoms with Crippen LogP contribution in [-0.2, 0) is 14.8 Å². The van der Waals surface area contributed by atoms with E-state index in [1.54, 1.807) is 12.1 Å². The first-order valence-electron chi connectivity index (χ1n) is 5.96. The van der Waals surface area contributed by atoms with Crippen LogP contribution in [-0.4, -0.2) is 27.2 Å². The number of nitrogens with one attached hydrogen (secondary N) is 1. The van der Waals surface area contributed by atoms with Crippen molar-refractivity contribution in [3.8, 4) is 0 Å². The molecule has 0 aliphatic heterocycles. The third kappa shape index (κ3) is 4.70. The number of nitrogens with two attached hydrogens (primary N) is 2. The third-order valence-corrected chi connectivity index (χ3v) is 3.55. The van der Waals surface area contributed by atoms with Gasteiger partial charge in [0.15, 0.2) is 0 Å². The lowest BCUT2D eigenvalue weighted by molar-refractivity contribution is 0.000697. The van der Waals surface area contributed by atoms with Gasteiger partial charge in [-0.25, -0.2) is 13.6 Å². The smallest absolute Gasteiger partial charge is 0.240 e. The van der Waals surface area contributed by atoms with Gasteiger partial charge >= 0.3 is 0 Å². The van der Waals surface area contributed by atoms with Gasteiger partial charge in [-0.15, -0.1) is 0 Å². The van der Waals surface area contributed by atoms with E-state index in [9.17, 15) is 8.42 Å². The molecular formula is C12H21N3O3S. The lowest BCUT2D eigenvalue weighted by Gasteiger charge is -2.25. The number of benzene rings is 1. The molecule has 1 aromatic rings. The summed E-state index contributed by atoms with van der Waals surface area (Å²) < 4.78 is 28.0. The summed E-state index contributed by atoms with van der Waals surface area (Å²) in [5, 5.41) is 8.19. The van der Waals surface area contributed by atoms with Gasteiger partial charge in [0.05, 0.1) is 11.3 Å². The van der Waals surface area contributed by atoms with Crippen molar-refractivity contribution >= 4 is 21.4 Å². The molecule has 0 spiro atoms. The summed E-state index contributed by atoms with van der Waals surface area (Å²) in [5.74, 6) is 0. The van der Waals surface area contributed by atoms with Gasteiger partial charge in [-0.2, -0.15) is 0 Å². The number of anilines is 2. The van der Waals surface area contributed by atoms with Gasteiger partial charge in [0.2, 0.25) is 10.0 Å². The summed E-state index contributed by atoms with van der Waals surface area (Å²) in [4.78, 5) is -0.0675. The van der Waals surface area contributed by atoms with E-state index < -0.39 is 10.0 Å². The van der Waals surface area contributed by atoms with E-state index >= 15 is 0 Å². The van der Waals surface area contributed by atoms with Crippen LogP contribution in [0.15, 0.2) is 23.1 Å². The summed E-state index contributed by atoms with van der Waals surface area (Å²) in [5.41, 5.74) is 6.20. The van der Waals surface area contributed by atoms with Gasteiger partial charge in [-0.05, 0) is 39.0 Å². The Hall–Kier alpha value is -1.31. The molecule has 7 heteroatoms. The molecule has 0 radical (unpaired) electrons. The Balaban J connectivity index is 2.80. The monoisotopic (exact) mass is 287 g/mol. The molecule has 0 atom stereocenters. The Morgan fingerprint density at radius 3 is 2.47 bits per heavy atom. The molecule has 0 unspecified atom stereocenters. The van der Waals surface area contributed by atoms with Gasteiger partial charge in [0.1, 0.15) is 4.90 Å².